The monoisotopic (exact) mass is 418 g/mol. The van der Waals surface area contributed by atoms with Crippen LogP contribution in [0.15, 0.2) is 59.1 Å². The number of halogens is 1. The molecule has 0 unspecified atom stereocenters. The molecule has 0 aliphatic carbocycles. The van der Waals surface area contributed by atoms with Crippen LogP contribution < -0.4 is 0 Å². The van der Waals surface area contributed by atoms with Gasteiger partial charge in [0.25, 0.3) is 0 Å². The lowest BCUT2D eigenvalue weighted by Gasteiger charge is -2.23. The summed E-state index contributed by atoms with van der Waals surface area (Å²) in [7, 11) is 2.41. The van der Waals surface area contributed by atoms with Crippen molar-refractivity contribution in [3.05, 3.63) is 70.2 Å². The van der Waals surface area contributed by atoms with Gasteiger partial charge in [-0.25, -0.2) is 0 Å². The van der Waals surface area contributed by atoms with Crippen LogP contribution in [0.25, 0.3) is 0 Å². The maximum atomic E-state index is 12.7. The topological polar surface area (TPSA) is 69.7 Å². The van der Waals surface area contributed by atoms with E-state index in [-0.39, 0.29) is 12.2 Å². The quantitative estimate of drug-likeness (QED) is 0.388. The molecule has 2 rings (SSSR count). The van der Waals surface area contributed by atoms with Crippen molar-refractivity contribution in [3.8, 4) is 0 Å². The van der Waals surface area contributed by atoms with Crippen LogP contribution in [-0.4, -0.2) is 31.9 Å². The Hall–Kier alpha value is -2.47. The molecule has 0 aromatic heterocycles. The summed E-state index contributed by atoms with van der Waals surface area (Å²) >= 11 is 3.35. The van der Waals surface area contributed by atoms with Crippen LogP contribution >= 0.6 is 15.9 Å². The number of ether oxygens (including phenoxy) is 2. The summed E-state index contributed by atoms with van der Waals surface area (Å²) in [6, 6.07) is 15.9. The standard InChI is InChI=1S/C20H19BrO5/c1-25-19(23)18(20(24)26-2)16(13-8-10-15(21)11-9-13)12-17(22)14-6-4-3-5-7-14/h3-11,16,18H,12H2,1-2H3/t16-/m1/s1. The molecule has 0 saturated heterocycles. The largest absolute Gasteiger partial charge is 0.468 e. The highest BCUT2D eigenvalue weighted by molar-refractivity contribution is 9.10. The van der Waals surface area contributed by atoms with Crippen molar-refractivity contribution in [2.75, 3.05) is 14.2 Å². The number of Topliss-reactive ketones (excluding diaryl/α,β-unsaturated/α-hetero) is 1. The molecular formula is C20H19BrO5. The second-order valence-corrected chi connectivity index (χ2v) is 6.59. The Morgan fingerprint density at radius 2 is 1.42 bits per heavy atom. The second kappa shape index (κ2) is 9.29. The molecule has 0 aliphatic rings. The van der Waals surface area contributed by atoms with Gasteiger partial charge in [-0.1, -0.05) is 58.4 Å². The van der Waals surface area contributed by atoms with E-state index >= 15 is 0 Å². The Kier molecular flexibility index (Phi) is 7.09. The molecule has 0 radical (unpaired) electrons. The molecule has 0 heterocycles. The van der Waals surface area contributed by atoms with Crippen LogP contribution in [-0.2, 0) is 19.1 Å². The molecule has 1 atom stereocenters. The normalized spacial score (nSPS) is 11.7. The van der Waals surface area contributed by atoms with E-state index in [1.54, 1.807) is 48.5 Å². The van der Waals surface area contributed by atoms with Gasteiger partial charge in [-0.2, -0.15) is 0 Å². The molecule has 0 bridgehead atoms. The summed E-state index contributed by atoms with van der Waals surface area (Å²) in [5.74, 6) is -3.55. The van der Waals surface area contributed by atoms with Gasteiger partial charge in [-0.05, 0) is 17.7 Å². The van der Waals surface area contributed by atoms with Crippen molar-refractivity contribution in [2.45, 2.75) is 12.3 Å². The van der Waals surface area contributed by atoms with Crippen LogP contribution in [0.5, 0.6) is 0 Å². The van der Waals surface area contributed by atoms with Gasteiger partial charge < -0.3 is 9.47 Å². The van der Waals surface area contributed by atoms with E-state index in [0.29, 0.717) is 11.1 Å². The van der Waals surface area contributed by atoms with Crippen molar-refractivity contribution in [1.29, 1.82) is 0 Å². The molecule has 2 aromatic carbocycles. The van der Waals surface area contributed by atoms with Gasteiger partial charge in [0, 0.05) is 22.4 Å². The van der Waals surface area contributed by atoms with Crippen LogP contribution in [0.2, 0.25) is 0 Å². The zero-order valence-corrected chi connectivity index (χ0v) is 16.1. The molecule has 26 heavy (non-hydrogen) atoms. The first-order valence-electron chi connectivity index (χ1n) is 7.97. The Labute approximate surface area is 160 Å². The molecule has 0 spiro atoms. The summed E-state index contributed by atoms with van der Waals surface area (Å²) in [6.07, 6.45) is -0.0273. The third-order valence-electron chi connectivity index (χ3n) is 4.11. The summed E-state index contributed by atoms with van der Waals surface area (Å²) in [6.45, 7) is 0. The van der Waals surface area contributed by atoms with E-state index in [1.807, 2.05) is 6.07 Å². The van der Waals surface area contributed by atoms with E-state index < -0.39 is 23.8 Å². The van der Waals surface area contributed by atoms with Crippen molar-refractivity contribution in [3.63, 3.8) is 0 Å². The van der Waals surface area contributed by atoms with Gasteiger partial charge in [0.1, 0.15) is 0 Å². The van der Waals surface area contributed by atoms with Crippen LogP contribution in [0.1, 0.15) is 28.3 Å². The average molecular weight is 419 g/mol. The molecular weight excluding hydrogens is 400 g/mol. The molecule has 5 nitrogen and oxygen atoms in total. The van der Waals surface area contributed by atoms with Gasteiger partial charge >= 0.3 is 11.9 Å². The lowest BCUT2D eigenvalue weighted by Crippen LogP contribution is -2.33. The predicted octanol–water partition coefficient (Wildman–Crippen LogP) is 3.77. The second-order valence-electron chi connectivity index (χ2n) is 5.68. The molecule has 2 aromatic rings. The number of methoxy groups -OCH3 is 2. The fraction of sp³-hybridized carbons (Fsp3) is 0.250. The molecule has 0 N–H and O–H groups in total. The molecule has 136 valence electrons. The molecule has 0 saturated carbocycles. The number of esters is 2. The highest BCUT2D eigenvalue weighted by Crippen LogP contribution is 2.32. The number of ketones is 1. The fourth-order valence-electron chi connectivity index (χ4n) is 2.76. The van der Waals surface area contributed by atoms with Gasteiger partial charge in [0.15, 0.2) is 11.7 Å². The maximum absolute atomic E-state index is 12.7. The van der Waals surface area contributed by atoms with Crippen LogP contribution in [0, 0.1) is 5.92 Å². The van der Waals surface area contributed by atoms with Crippen LogP contribution in [0.4, 0.5) is 0 Å². The summed E-state index contributed by atoms with van der Waals surface area (Å²) in [5.41, 5.74) is 1.20. The molecule has 0 amide bonds. The zero-order valence-electron chi connectivity index (χ0n) is 14.5. The Morgan fingerprint density at radius 1 is 0.885 bits per heavy atom. The highest BCUT2D eigenvalue weighted by atomic mass is 79.9. The van der Waals surface area contributed by atoms with Gasteiger partial charge in [-0.3, -0.25) is 14.4 Å². The first-order chi connectivity index (χ1) is 12.5. The third-order valence-corrected chi connectivity index (χ3v) is 4.64. The number of carbonyl (C=O) groups excluding carboxylic acids is 3. The summed E-state index contributed by atoms with van der Waals surface area (Å²) in [4.78, 5) is 37.2. The number of benzene rings is 2. The van der Waals surface area contributed by atoms with Crippen molar-refractivity contribution in [2.24, 2.45) is 5.92 Å². The Morgan fingerprint density at radius 3 is 1.92 bits per heavy atom. The Balaban J connectivity index is 2.43. The number of rotatable bonds is 7. The number of hydrogen-bond donors (Lipinski definition) is 0. The smallest absolute Gasteiger partial charge is 0.320 e. The van der Waals surface area contributed by atoms with Crippen molar-refractivity contribution < 1.29 is 23.9 Å². The molecule has 6 heteroatoms. The van der Waals surface area contributed by atoms with E-state index in [2.05, 4.69) is 15.9 Å². The fourth-order valence-corrected chi connectivity index (χ4v) is 3.02. The lowest BCUT2D eigenvalue weighted by atomic mass is 9.81. The number of carbonyl (C=O) groups is 3. The summed E-state index contributed by atoms with van der Waals surface area (Å²) in [5, 5.41) is 0. The minimum absolute atomic E-state index is 0.0273. The van der Waals surface area contributed by atoms with E-state index in [0.717, 1.165) is 4.47 Å². The first kappa shape index (κ1) is 19.8. The minimum atomic E-state index is -1.22. The molecule has 0 fully saturated rings. The van der Waals surface area contributed by atoms with E-state index in [9.17, 15) is 14.4 Å². The van der Waals surface area contributed by atoms with Crippen molar-refractivity contribution in [1.82, 2.24) is 0 Å². The maximum Gasteiger partial charge on any atom is 0.320 e. The Bertz CT molecular complexity index is 755. The zero-order chi connectivity index (χ0) is 19.1. The average Bonchev–Trinajstić information content (AvgIpc) is 2.68. The molecule has 0 aliphatic heterocycles. The number of hydrogen-bond acceptors (Lipinski definition) is 5. The third kappa shape index (κ3) is 4.79. The predicted molar refractivity (Wildman–Crippen MR) is 99.8 cm³/mol. The van der Waals surface area contributed by atoms with Crippen molar-refractivity contribution >= 4 is 33.7 Å². The SMILES string of the molecule is COC(=O)C(C(=O)OC)[C@H](CC(=O)c1ccccc1)c1ccc(Br)cc1. The van der Waals surface area contributed by atoms with Gasteiger partial charge in [-0.15, -0.1) is 0 Å². The van der Waals surface area contributed by atoms with Crippen LogP contribution in [0.3, 0.4) is 0 Å². The summed E-state index contributed by atoms with van der Waals surface area (Å²) < 4.78 is 10.4. The highest BCUT2D eigenvalue weighted by Gasteiger charge is 2.39. The van der Waals surface area contributed by atoms with E-state index in [4.69, 9.17) is 9.47 Å². The lowest BCUT2D eigenvalue weighted by molar-refractivity contribution is -0.159. The minimum Gasteiger partial charge on any atom is -0.468 e. The van der Waals surface area contributed by atoms with E-state index in [1.165, 1.54) is 14.2 Å². The van der Waals surface area contributed by atoms with Gasteiger partial charge in [0.05, 0.1) is 14.2 Å². The first-order valence-corrected chi connectivity index (χ1v) is 8.76. The van der Waals surface area contributed by atoms with Gasteiger partial charge in [0.2, 0.25) is 0 Å².